The average molecular weight is 194 g/mol. The van der Waals surface area contributed by atoms with Crippen molar-refractivity contribution in [3.05, 3.63) is 18.0 Å². The van der Waals surface area contributed by atoms with E-state index in [4.69, 9.17) is 0 Å². The first kappa shape index (κ1) is 9.21. The topological polar surface area (TPSA) is 59.0 Å². The van der Waals surface area contributed by atoms with Crippen LogP contribution >= 0.6 is 0 Å². The van der Waals surface area contributed by atoms with Gasteiger partial charge in [-0.25, -0.2) is 0 Å². The van der Waals surface area contributed by atoms with Crippen molar-refractivity contribution < 1.29 is 4.79 Å². The van der Waals surface area contributed by atoms with Gasteiger partial charge in [0.1, 0.15) is 6.04 Å². The van der Waals surface area contributed by atoms with Gasteiger partial charge in [0, 0.05) is 25.8 Å². The molecular formula is C9H14N4O. The molecule has 0 spiro atoms. The third-order valence-electron chi connectivity index (χ3n) is 2.43. The Balaban J connectivity index is 2.20. The van der Waals surface area contributed by atoms with Crippen LogP contribution in [-0.2, 0) is 11.8 Å². The fourth-order valence-electron chi connectivity index (χ4n) is 1.67. The Morgan fingerprint density at radius 1 is 1.64 bits per heavy atom. The van der Waals surface area contributed by atoms with Crippen molar-refractivity contribution in [3.8, 4) is 0 Å². The van der Waals surface area contributed by atoms with Crippen LogP contribution in [0.25, 0.3) is 0 Å². The fraction of sp³-hybridized carbons (Fsp3) is 0.556. The minimum atomic E-state index is -0.265. The summed E-state index contributed by atoms with van der Waals surface area (Å²) in [6, 6.07) is 1.79. The number of piperazine rings is 1. The van der Waals surface area contributed by atoms with Crippen LogP contribution in [-0.4, -0.2) is 28.3 Å². The minimum Gasteiger partial charge on any atom is -0.351 e. The Hall–Kier alpha value is -1.36. The molecule has 1 aromatic rings. The van der Waals surface area contributed by atoms with E-state index in [9.17, 15) is 4.79 Å². The van der Waals surface area contributed by atoms with Gasteiger partial charge in [-0.1, -0.05) is 0 Å². The molecule has 2 atom stereocenters. The molecule has 5 heteroatoms. The minimum absolute atomic E-state index is 0.0207. The number of aryl methyl sites for hydroxylation is 1. The van der Waals surface area contributed by atoms with Gasteiger partial charge in [0.25, 0.3) is 0 Å². The molecule has 1 aromatic heterocycles. The van der Waals surface area contributed by atoms with Crippen molar-refractivity contribution >= 4 is 5.91 Å². The largest absolute Gasteiger partial charge is 0.351 e. The Morgan fingerprint density at radius 2 is 2.43 bits per heavy atom. The molecule has 0 aromatic carbocycles. The van der Waals surface area contributed by atoms with Gasteiger partial charge in [0.05, 0.1) is 5.69 Å². The van der Waals surface area contributed by atoms with Crippen LogP contribution in [0.1, 0.15) is 18.7 Å². The van der Waals surface area contributed by atoms with Gasteiger partial charge in [-0.05, 0) is 13.0 Å². The van der Waals surface area contributed by atoms with Gasteiger partial charge in [-0.3, -0.25) is 14.8 Å². The van der Waals surface area contributed by atoms with E-state index in [1.807, 2.05) is 20.0 Å². The molecule has 2 heterocycles. The van der Waals surface area contributed by atoms with Gasteiger partial charge in [-0.15, -0.1) is 0 Å². The van der Waals surface area contributed by atoms with Crippen LogP contribution in [0.3, 0.4) is 0 Å². The lowest BCUT2D eigenvalue weighted by Gasteiger charge is -2.28. The summed E-state index contributed by atoms with van der Waals surface area (Å²) >= 11 is 0. The molecule has 76 valence electrons. The molecule has 1 amide bonds. The maximum atomic E-state index is 11.6. The van der Waals surface area contributed by atoms with Crippen LogP contribution in [0.15, 0.2) is 12.3 Å². The summed E-state index contributed by atoms with van der Waals surface area (Å²) in [7, 11) is 1.84. The zero-order valence-electron chi connectivity index (χ0n) is 8.32. The predicted molar refractivity (Wildman–Crippen MR) is 51.6 cm³/mol. The molecule has 5 nitrogen and oxygen atoms in total. The van der Waals surface area contributed by atoms with E-state index in [2.05, 4.69) is 15.7 Å². The molecule has 2 N–H and O–H groups in total. The summed E-state index contributed by atoms with van der Waals surface area (Å²) < 4.78 is 1.72. The standard InChI is InChI=1S/C9H14N4O/c1-6-5-10-8(9(14)12-6)7-3-4-11-13(7)2/h3-4,6,8,10H,5H2,1-2H3,(H,12,14). The van der Waals surface area contributed by atoms with E-state index in [0.29, 0.717) is 0 Å². The SMILES string of the molecule is CC1CNC(c2ccnn2C)C(=O)N1. The van der Waals surface area contributed by atoms with E-state index in [1.165, 1.54) is 0 Å². The van der Waals surface area contributed by atoms with Crippen molar-refractivity contribution in [2.24, 2.45) is 7.05 Å². The lowest BCUT2D eigenvalue weighted by molar-refractivity contribution is -0.125. The monoisotopic (exact) mass is 194 g/mol. The first-order valence-corrected chi connectivity index (χ1v) is 4.70. The lowest BCUT2D eigenvalue weighted by Crippen LogP contribution is -2.52. The Kier molecular flexibility index (Phi) is 2.25. The quantitative estimate of drug-likeness (QED) is 0.637. The second-order valence-corrected chi connectivity index (χ2v) is 3.63. The van der Waals surface area contributed by atoms with Crippen LogP contribution in [0.2, 0.25) is 0 Å². The first-order chi connectivity index (χ1) is 6.68. The highest BCUT2D eigenvalue weighted by Gasteiger charge is 2.28. The van der Waals surface area contributed by atoms with Crippen molar-refractivity contribution in [1.82, 2.24) is 20.4 Å². The smallest absolute Gasteiger partial charge is 0.243 e. The molecule has 0 radical (unpaired) electrons. The van der Waals surface area contributed by atoms with E-state index >= 15 is 0 Å². The van der Waals surface area contributed by atoms with E-state index < -0.39 is 0 Å². The maximum Gasteiger partial charge on any atom is 0.243 e. The van der Waals surface area contributed by atoms with Crippen molar-refractivity contribution in [3.63, 3.8) is 0 Å². The average Bonchev–Trinajstić information content (AvgIpc) is 2.52. The summed E-state index contributed by atoms with van der Waals surface area (Å²) in [6.45, 7) is 2.77. The number of carbonyl (C=O) groups is 1. The van der Waals surface area contributed by atoms with Crippen molar-refractivity contribution in [2.45, 2.75) is 19.0 Å². The maximum absolute atomic E-state index is 11.6. The molecule has 1 fully saturated rings. The summed E-state index contributed by atoms with van der Waals surface area (Å²) in [5.74, 6) is 0.0207. The Labute approximate surface area is 82.5 Å². The summed E-state index contributed by atoms with van der Waals surface area (Å²) in [5, 5.41) is 10.1. The number of hydrogen-bond donors (Lipinski definition) is 2. The molecule has 1 aliphatic heterocycles. The highest BCUT2D eigenvalue weighted by Crippen LogP contribution is 2.14. The summed E-state index contributed by atoms with van der Waals surface area (Å²) in [5.41, 5.74) is 0.898. The predicted octanol–water partition coefficient (Wildman–Crippen LogP) is -0.431. The second-order valence-electron chi connectivity index (χ2n) is 3.63. The Bertz CT molecular complexity index is 346. The normalized spacial score (nSPS) is 27.4. The fourth-order valence-corrected chi connectivity index (χ4v) is 1.67. The van der Waals surface area contributed by atoms with E-state index in [1.54, 1.807) is 10.9 Å². The molecule has 1 aliphatic rings. The number of nitrogens with zero attached hydrogens (tertiary/aromatic N) is 2. The van der Waals surface area contributed by atoms with Crippen LogP contribution < -0.4 is 10.6 Å². The third-order valence-corrected chi connectivity index (χ3v) is 2.43. The molecular weight excluding hydrogens is 180 g/mol. The zero-order chi connectivity index (χ0) is 10.1. The van der Waals surface area contributed by atoms with Crippen molar-refractivity contribution in [1.29, 1.82) is 0 Å². The first-order valence-electron chi connectivity index (χ1n) is 4.70. The molecule has 2 rings (SSSR count). The van der Waals surface area contributed by atoms with Gasteiger partial charge >= 0.3 is 0 Å². The van der Waals surface area contributed by atoms with Crippen molar-refractivity contribution in [2.75, 3.05) is 6.54 Å². The number of nitrogens with one attached hydrogen (secondary N) is 2. The van der Waals surface area contributed by atoms with Crippen LogP contribution in [0, 0.1) is 0 Å². The van der Waals surface area contributed by atoms with Gasteiger partial charge in [0.15, 0.2) is 0 Å². The van der Waals surface area contributed by atoms with E-state index in [-0.39, 0.29) is 18.0 Å². The number of rotatable bonds is 1. The molecule has 1 saturated heterocycles. The zero-order valence-corrected chi connectivity index (χ0v) is 8.32. The van der Waals surface area contributed by atoms with Gasteiger partial charge in [-0.2, -0.15) is 5.10 Å². The second kappa shape index (κ2) is 3.42. The van der Waals surface area contributed by atoms with E-state index in [0.717, 1.165) is 12.2 Å². The Morgan fingerprint density at radius 3 is 3.00 bits per heavy atom. The third kappa shape index (κ3) is 1.50. The molecule has 14 heavy (non-hydrogen) atoms. The number of amides is 1. The highest BCUT2D eigenvalue weighted by molar-refractivity contribution is 5.83. The summed E-state index contributed by atoms with van der Waals surface area (Å²) in [4.78, 5) is 11.6. The number of carbonyl (C=O) groups excluding carboxylic acids is 1. The van der Waals surface area contributed by atoms with Crippen LogP contribution in [0.5, 0.6) is 0 Å². The van der Waals surface area contributed by atoms with Gasteiger partial charge in [0.2, 0.25) is 5.91 Å². The summed E-state index contributed by atoms with van der Waals surface area (Å²) in [6.07, 6.45) is 1.70. The van der Waals surface area contributed by atoms with Gasteiger partial charge < -0.3 is 5.32 Å². The number of hydrogen-bond acceptors (Lipinski definition) is 3. The molecule has 0 bridgehead atoms. The molecule has 2 unspecified atom stereocenters. The lowest BCUT2D eigenvalue weighted by atomic mass is 10.1. The van der Waals surface area contributed by atoms with Crippen LogP contribution in [0.4, 0.5) is 0 Å². The highest BCUT2D eigenvalue weighted by atomic mass is 16.2. The molecule has 0 saturated carbocycles. The molecule has 0 aliphatic carbocycles. The number of aromatic nitrogens is 2.